The Morgan fingerprint density at radius 2 is 2.33 bits per heavy atom. The Labute approximate surface area is 79.7 Å². The summed E-state index contributed by atoms with van der Waals surface area (Å²) in [5, 5.41) is 0. The van der Waals surface area contributed by atoms with E-state index in [0.29, 0.717) is 6.42 Å². The van der Waals surface area contributed by atoms with E-state index >= 15 is 0 Å². The first-order valence-corrected chi connectivity index (χ1v) is 4.33. The molecule has 1 rings (SSSR count). The number of carbonyl (C=O) groups is 1. The summed E-state index contributed by atoms with van der Waals surface area (Å²) in [7, 11) is 1.60. The van der Waals surface area contributed by atoms with Crippen molar-refractivity contribution in [3.8, 4) is 5.75 Å². The van der Waals surface area contributed by atoms with Gasteiger partial charge in [-0.1, -0.05) is 6.07 Å². The summed E-state index contributed by atoms with van der Waals surface area (Å²) < 4.78 is 5.97. The van der Waals surface area contributed by atoms with Gasteiger partial charge in [0, 0.05) is 6.42 Å². The molecular formula is C9H9BrO2. The van der Waals surface area contributed by atoms with Crippen molar-refractivity contribution in [2.45, 2.75) is 6.42 Å². The molecular weight excluding hydrogens is 220 g/mol. The van der Waals surface area contributed by atoms with E-state index < -0.39 is 0 Å². The summed E-state index contributed by atoms with van der Waals surface area (Å²) in [5.74, 6) is 0.759. The quantitative estimate of drug-likeness (QED) is 0.742. The summed E-state index contributed by atoms with van der Waals surface area (Å²) >= 11 is 3.33. The van der Waals surface area contributed by atoms with Gasteiger partial charge in [-0.05, 0) is 33.6 Å². The lowest BCUT2D eigenvalue weighted by Gasteiger charge is -2.03. The number of methoxy groups -OCH3 is 1. The molecule has 0 aliphatic rings. The number of benzene rings is 1. The summed E-state index contributed by atoms with van der Waals surface area (Å²) in [6.07, 6.45) is 1.31. The van der Waals surface area contributed by atoms with Crippen molar-refractivity contribution in [3.63, 3.8) is 0 Å². The van der Waals surface area contributed by atoms with Crippen LogP contribution in [0, 0.1) is 0 Å². The van der Waals surface area contributed by atoms with Gasteiger partial charge < -0.3 is 9.53 Å². The molecule has 0 spiro atoms. The lowest BCUT2D eigenvalue weighted by atomic mass is 10.2. The highest BCUT2D eigenvalue weighted by molar-refractivity contribution is 9.10. The molecule has 12 heavy (non-hydrogen) atoms. The van der Waals surface area contributed by atoms with Gasteiger partial charge >= 0.3 is 0 Å². The molecule has 0 aromatic heterocycles. The smallest absolute Gasteiger partial charge is 0.133 e. The Morgan fingerprint density at radius 3 is 2.92 bits per heavy atom. The molecule has 3 heteroatoms. The Kier molecular flexibility index (Phi) is 3.29. The molecule has 1 aromatic rings. The second-order valence-electron chi connectivity index (χ2n) is 2.34. The van der Waals surface area contributed by atoms with Crippen molar-refractivity contribution >= 4 is 22.2 Å². The molecule has 2 nitrogen and oxygen atoms in total. The number of rotatable bonds is 3. The maximum Gasteiger partial charge on any atom is 0.133 e. The number of ether oxygens (including phenoxy) is 1. The van der Waals surface area contributed by atoms with Crippen LogP contribution >= 0.6 is 15.9 Å². The zero-order valence-corrected chi connectivity index (χ0v) is 8.30. The fraction of sp³-hybridized carbons (Fsp3) is 0.222. The summed E-state index contributed by atoms with van der Waals surface area (Å²) in [6.45, 7) is 0. The minimum atomic E-state index is 0.434. The van der Waals surface area contributed by atoms with Crippen LogP contribution in [0.4, 0.5) is 0 Å². The predicted octanol–water partition coefficient (Wildman–Crippen LogP) is 2.20. The van der Waals surface area contributed by atoms with Crippen LogP contribution in [0.1, 0.15) is 5.56 Å². The predicted molar refractivity (Wildman–Crippen MR) is 50.5 cm³/mol. The van der Waals surface area contributed by atoms with Crippen LogP contribution < -0.4 is 4.74 Å². The topological polar surface area (TPSA) is 26.3 Å². The Hall–Kier alpha value is -0.830. The van der Waals surface area contributed by atoms with Gasteiger partial charge in [-0.2, -0.15) is 0 Å². The van der Waals surface area contributed by atoms with Crippen molar-refractivity contribution in [1.29, 1.82) is 0 Å². The normalized spacial score (nSPS) is 9.50. The maximum atomic E-state index is 10.2. The third-order valence-corrected chi connectivity index (χ3v) is 2.19. The second-order valence-corrected chi connectivity index (χ2v) is 3.19. The van der Waals surface area contributed by atoms with Gasteiger partial charge in [-0.25, -0.2) is 0 Å². The largest absolute Gasteiger partial charge is 0.496 e. The molecule has 0 bridgehead atoms. The van der Waals surface area contributed by atoms with Crippen LogP contribution in [-0.2, 0) is 11.2 Å². The number of hydrogen-bond donors (Lipinski definition) is 0. The van der Waals surface area contributed by atoms with E-state index in [1.807, 2.05) is 18.2 Å². The molecule has 0 heterocycles. The van der Waals surface area contributed by atoms with Gasteiger partial charge in [0.15, 0.2) is 0 Å². The van der Waals surface area contributed by atoms with Gasteiger partial charge in [-0.15, -0.1) is 0 Å². The van der Waals surface area contributed by atoms with Crippen LogP contribution in [0.5, 0.6) is 5.75 Å². The average molecular weight is 229 g/mol. The van der Waals surface area contributed by atoms with Crippen LogP contribution in [0.15, 0.2) is 22.7 Å². The first-order valence-electron chi connectivity index (χ1n) is 3.54. The van der Waals surface area contributed by atoms with Gasteiger partial charge in [0.2, 0.25) is 0 Å². The third kappa shape index (κ3) is 2.08. The number of halogens is 1. The summed E-state index contributed by atoms with van der Waals surface area (Å²) in [6, 6.07) is 5.61. The third-order valence-electron chi connectivity index (χ3n) is 1.53. The Bertz CT molecular complexity index is 284. The van der Waals surface area contributed by atoms with Crippen molar-refractivity contribution in [2.24, 2.45) is 0 Å². The average Bonchev–Trinajstić information content (AvgIpc) is 2.09. The Balaban J connectivity index is 2.96. The fourth-order valence-electron chi connectivity index (χ4n) is 0.927. The van der Waals surface area contributed by atoms with Crippen molar-refractivity contribution in [2.75, 3.05) is 7.11 Å². The second kappa shape index (κ2) is 4.26. The molecule has 0 atom stereocenters. The van der Waals surface area contributed by atoms with E-state index in [-0.39, 0.29) is 0 Å². The Morgan fingerprint density at radius 1 is 1.58 bits per heavy atom. The first-order chi connectivity index (χ1) is 5.77. The number of aldehydes is 1. The van der Waals surface area contributed by atoms with Crippen LogP contribution in [0.3, 0.4) is 0 Å². The lowest BCUT2D eigenvalue weighted by Crippen LogP contribution is -1.89. The van der Waals surface area contributed by atoms with Gasteiger partial charge in [0.1, 0.15) is 12.0 Å². The standard InChI is InChI=1S/C9H9BrO2/c1-12-9-6-7(4-5-11)2-3-8(9)10/h2-3,5-6H,4H2,1H3. The summed E-state index contributed by atoms with van der Waals surface area (Å²) in [5.41, 5.74) is 0.963. The molecule has 0 radical (unpaired) electrons. The SMILES string of the molecule is COc1cc(CC=O)ccc1Br. The lowest BCUT2D eigenvalue weighted by molar-refractivity contribution is -0.107. The summed E-state index contributed by atoms with van der Waals surface area (Å²) in [4.78, 5) is 10.2. The van der Waals surface area contributed by atoms with E-state index in [2.05, 4.69) is 15.9 Å². The van der Waals surface area contributed by atoms with E-state index in [1.165, 1.54) is 0 Å². The highest BCUT2D eigenvalue weighted by Gasteiger charge is 2.00. The maximum absolute atomic E-state index is 10.2. The van der Waals surface area contributed by atoms with E-state index in [0.717, 1.165) is 22.1 Å². The van der Waals surface area contributed by atoms with Gasteiger partial charge in [0.25, 0.3) is 0 Å². The van der Waals surface area contributed by atoms with E-state index in [4.69, 9.17) is 4.74 Å². The van der Waals surface area contributed by atoms with E-state index in [9.17, 15) is 4.79 Å². The van der Waals surface area contributed by atoms with Crippen LogP contribution in [0.2, 0.25) is 0 Å². The van der Waals surface area contributed by atoms with Gasteiger partial charge in [0.05, 0.1) is 11.6 Å². The molecule has 0 N–H and O–H groups in total. The molecule has 0 saturated carbocycles. The zero-order valence-electron chi connectivity index (χ0n) is 6.71. The minimum Gasteiger partial charge on any atom is -0.496 e. The molecule has 0 aliphatic heterocycles. The zero-order chi connectivity index (χ0) is 8.97. The molecule has 0 saturated heterocycles. The monoisotopic (exact) mass is 228 g/mol. The van der Waals surface area contributed by atoms with Crippen molar-refractivity contribution < 1.29 is 9.53 Å². The molecule has 0 unspecified atom stereocenters. The molecule has 1 aromatic carbocycles. The molecule has 0 fully saturated rings. The number of carbonyl (C=O) groups excluding carboxylic acids is 1. The van der Waals surface area contributed by atoms with Gasteiger partial charge in [-0.3, -0.25) is 0 Å². The number of hydrogen-bond acceptors (Lipinski definition) is 2. The molecule has 0 amide bonds. The van der Waals surface area contributed by atoms with Crippen molar-refractivity contribution in [3.05, 3.63) is 28.2 Å². The van der Waals surface area contributed by atoms with Crippen molar-refractivity contribution in [1.82, 2.24) is 0 Å². The molecule has 0 aliphatic carbocycles. The van der Waals surface area contributed by atoms with E-state index in [1.54, 1.807) is 7.11 Å². The van der Waals surface area contributed by atoms with Crippen LogP contribution in [0.25, 0.3) is 0 Å². The highest BCUT2D eigenvalue weighted by Crippen LogP contribution is 2.25. The first kappa shape index (κ1) is 9.26. The minimum absolute atomic E-state index is 0.434. The molecule has 64 valence electrons. The highest BCUT2D eigenvalue weighted by atomic mass is 79.9. The van der Waals surface area contributed by atoms with Crippen LogP contribution in [-0.4, -0.2) is 13.4 Å². The fourth-order valence-corrected chi connectivity index (χ4v) is 1.34.